The molecule has 37 heavy (non-hydrogen) atoms. The van der Waals surface area contributed by atoms with E-state index in [4.69, 9.17) is 0 Å². The van der Waals surface area contributed by atoms with Crippen molar-refractivity contribution in [2.45, 2.75) is 49.7 Å². The molecule has 0 spiro atoms. The molecular weight excluding hydrogens is 506 g/mol. The molecule has 4 aliphatic rings. The van der Waals surface area contributed by atoms with Gasteiger partial charge < -0.3 is 0 Å². The van der Waals surface area contributed by atoms with Crippen molar-refractivity contribution in [2.75, 3.05) is 0 Å². The van der Waals surface area contributed by atoms with E-state index >= 15 is 0 Å². The normalized spacial score (nSPS) is 29.1. The van der Waals surface area contributed by atoms with Crippen LogP contribution in [0, 0.1) is 23.2 Å². The topological polar surface area (TPSA) is 54.4 Å². The fourth-order valence-electron chi connectivity index (χ4n) is 8.39. The molecule has 0 radical (unpaired) electrons. The Morgan fingerprint density at radius 3 is 1.89 bits per heavy atom. The molecule has 3 aromatic rings. The highest BCUT2D eigenvalue weighted by atomic mass is 32.2. The molecule has 3 unspecified atom stereocenters. The molecule has 7 rings (SSSR count). The van der Waals surface area contributed by atoms with E-state index < -0.39 is 36.0 Å². The van der Waals surface area contributed by atoms with Crippen molar-refractivity contribution in [3.63, 3.8) is 0 Å². The Bertz CT molecular complexity index is 1330. The molecule has 0 aliphatic heterocycles. The first-order chi connectivity index (χ1) is 17.7. The summed E-state index contributed by atoms with van der Waals surface area (Å²) in [6.45, 7) is 0. The molecule has 0 heterocycles. The Morgan fingerprint density at radius 1 is 0.811 bits per heavy atom. The second kappa shape index (κ2) is 9.14. The van der Waals surface area contributed by atoms with Crippen molar-refractivity contribution in [1.29, 1.82) is 0 Å². The molecule has 3 atom stereocenters. The summed E-state index contributed by atoms with van der Waals surface area (Å²) in [5, 5.41) is -0.313. The molecule has 0 saturated heterocycles. The minimum atomic E-state index is -5.47. The molecule has 4 aliphatic carbocycles. The lowest BCUT2D eigenvalue weighted by atomic mass is 9.43. The van der Waals surface area contributed by atoms with Crippen LogP contribution in [0.25, 0.3) is 0 Å². The molecule has 194 valence electrons. The van der Waals surface area contributed by atoms with Gasteiger partial charge in [0.05, 0.1) is 0 Å². The zero-order chi connectivity index (χ0) is 25.8. The maximum absolute atomic E-state index is 14.9. The molecule has 4 saturated carbocycles. The van der Waals surface area contributed by atoms with Gasteiger partial charge in [-0.2, -0.15) is 17.2 Å². The van der Waals surface area contributed by atoms with Gasteiger partial charge in [0.1, 0.15) is 8.80 Å². The summed E-state index contributed by atoms with van der Waals surface area (Å²) in [5.41, 5.74) is 0.236. The minimum absolute atomic E-state index is 0.130. The maximum Gasteiger partial charge on any atom is 0.370 e. The van der Waals surface area contributed by atoms with Gasteiger partial charge in [0.2, 0.25) is 0 Å². The van der Waals surface area contributed by atoms with Crippen molar-refractivity contribution >= 4 is 34.5 Å². The van der Waals surface area contributed by atoms with E-state index in [-0.39, 0.29) is 11.8 Å². The molecule has 4 fully saturated rings. The van der Waals surface area contributed by atoms with Crippen molar-refractivity contribution in [3.8, 4) is 0 Å². The van der Waals surface area contributed by atoms with E-state index in [1.54, 1.807) is 0 Å². The standard InChI is InChI=1S/C30H32F2O3SSi/c31-30(32,36(33,34)35)20-29-18-21-14-22(19-29)16-24(15-21)28(29)23-8-7-13-27(17-23)37(25-9-3-1-4-10-25)26-11-5-2-6-12-26/h1-13,17,21-22,24,28,37H,14-16,18-20H2,(H,33,34,35). The van der Waals surface area contributed by atoms with Crippen molar-refractivity contribution in [2.24, 2.45) is 23.2 Å². The lowest BCUT2D eigenvalue weighted by Gasteiger charge is -2.62. The van der Waals surface area contributed by atoms with E-state index in [0.717, 1.165) is 24.8 Å². The van der Waals surface area contributed by atoms with Crippen LogP contribution in [0.4, 0.5) is 8.78 Å². The highest BCUT2D eigenvalue weighted by molar-refractivity contribution is 7.86. The van der Waals surface area contributed by atoms with Gasteiger partial charge in [-0.15, -0.1) is 0 Å². The van der Waals surface area contributed by atoms with Gasteiger partial charge in [-0.1, -0.05) is 100 Å². The third kappa shape index (κ3) is 4.49. The summed E-state index contributed by atoms with van der Waals surface area (Å²) >= 11 is 0. The summed E-state index contributed by atoms with van der Waals surface area (Å²) < 4.78 is 62.7. The number of benzene rings is 3. The Hall–Kier alpha value is -2.35. The Labute approximate surface area is 219 Å². The SMILES string of the molecule is O=S(=O)(O)C(F)(F)CC12CC3CC(CC(C3)C1c1cccc([SiH](c3ccccc3)c3ccccc3)c1)C2. The molecule has 3 aromatic carbocycles. The number of rotatable bonds is 7. The van der Waals surface area contributed by atoms with Crippen LogP contribution in [0.1, 0.15) is 50.0 Å². The molecule has 0 aromatic heterocycles. The largest absolute Gasteiger partial charge is 0.370 e. The monoisotopic (exact) mass is 538 g/mol. The lowest BCUT2D eigenvalue weighted by Crippen LogP contribution is -2.55. The highest BCUT2D eigenvalue weighted by Crippen LogP contribution is 2.68. The van der Waals surface area contributed by atoms with Crippen LogP contribution < -0.4 is 15.6 Å². The predicted octanol–water partition coefficient (Wildman–Crippen LogP) is 4.72. The van der Waals surface area contributed by atoms with Crippen LogP contribution in [0.15, 0.2) is 84.9 Å². The fraction of sp³-hybridized carbons (Fsp3) is 0.400. The number of halogens is 2. The zero-order valence-corrected chi connectivity index (χ0v) is 22.6. The van der Waals surface area contributed by atoms with E-state index in [2.05, 4.69) is 72.8 Å². The van der Waals surface area contributed by atoms with Gasteiger partial charge >= 0.3 is 15.4 Å². The summed E-state index contributed by atoms with van der Waals surface area (Å²) in [7, 11) is -7.27. The van der Waals surface area contributed by atoms with Crippen molar-refractivity contribution < 1.29 is 21.8 Å². The first-order valence-electron chi connectivity index (χ1n) is 13.2. The molecular formula is C30H32F2O3SSi. The summed E-state index contributed by atoms with van der Waals surface area (Å²) in [6.07, 6.45) is 3.51. The second-order valence-corrected chi connectivity index (χ2v) is 16.1. The first-order valence-corrected chi connectivity index (χ1v) is 16.4. The van der Waals surface area contributed by atoms with Crippen LogP contribution >= 0.6 is 0 Å². The Balaban J connectivity index is 1.44. The number of hydrogen-bond donors (Lipinski definition) is 1. The van der Waals surface area contributed by atoms with Crippen molar-refractivity contribution in [1.82, 2.24) is 0 Å². The second-order valence-electron chi connectivity index (χ2n) is 11.7. The smallest absolute Gasteiger partial charge is 0.281 e. The van der Waals surface area contributed by atoms with Crippen LogP contribution in [0.3, 0.4) is 0 Å². The molecule has 4 bridgehead atoms. The van der Waals surface area contributed by atoms with E-state index in [9.17, 15) is 21.8 Å². The summed E-state index contributed by atoms with van der Waals surface area (Å²) in [4.78, 5) is 0. The van der Waals surface area contributed by atoms with Crippen molar-refractivity contribution in [3.05, 3.63) is 90.5 Å². The van der Waals surface area contributed by atoms with Crippen LogP contribution in [-0.2, 0) is 10.1 Å². The lowest BCUT2D eigenvalue weighted by molar-refractivity contribution is -0.112. The quantitative estimate of drug-likeness (QED) is 0.269. The number of alkyl halides is 2. The van der Waals surface area contributed by atoms with Crippen LogP contribution in [-0.4, -0.2) is 27.0 Å². The van der Waals surface area contributed by atoms with Crippen LogP contribution in [0.5, 0.6) is 0 Å². The molecule has 7 heteroatoms. The Morgan fingerprint density at radius 2 is 1.35 bits per heavy atom. The van der Waals surface area contributed by atoms with Gasteiger partial charge in [-0.25, -0.2) is 0 Å². The molecule has 1 N–H and O–H groups in total. The van der Waals surface area contributed by atoms with Gasteiger partial charge in [-0.05, 0) is 66.8 Å². The van der Waals surface area contributed by atoms with Crippen LogP contribution in [0.2, 0.25) is 0 Å². The number of hydrogen-bond acceptors (Lipinski definition) is 2. The average Bonchev–Trinajstić information content (AvgIpc) is 2.84. The van der Waals surface area contributed by atoms with E-state index in [1.165, 1.54) is 15.6 Å². The zero-order valence-electron chi connectivity index (χ0n) is 20.6. The third-order valence-corrected chi connectivity index (χ3v) is 13.3. The predicted molar refractivity (Wildman–Crippen MR) is 145 cm³/mol. The summed E-state index contributed by atoms with van der Waals surface area (Å²) in [5.74, 6) is 0.871. The van der Waals surface area contributed by atoms with Gasteiger partial charge in [0.25, 0.3) is 0 Å². The highest BCUT2D eigenvalue weighted by Gasteiger charge is 2.62. The first kappa shape index (κ1) is 25.0. The third-order valence-electron chi connectivity index (χ3n) is 9.26. The fourth-order valence-corrected chi connectivity index (χ4v) is 11.9. The van der Waals surface area contributed by atoms with E-state index in [1.807, 2.05) is 12.1 Å². The maximum atomic E-state index is 14.9. The van der Waals surface area contributed by atoms with E-state index in [0.29, 0.717) is 24.7 Å². The molecule has 3 nitrogen and oxygen atoms in total. The van der Waals surface area contributed by atoms with Gasteiger partial charge in [0, 0.05) is 6.42 Å². The molecule has 0 amide bonds. The Kier molecular flexibility index (Phi) is 6.16. The minimum Gasteiger partial charge on any atom is -0.281 e. The van der Waals surface area contributed by atoms with Gasteiger partial charge in [0.15, 0.2) is 0 Å². The summed E-state index contributed by atoms with van der Waals surface area (Å²) in [6, 6.07) is 29.5. The average molecular weight is 539 g/mol. The van der Waals surface area contributed by atoms with Gasteiger partial charge in [-0.3, -0.25) is 4.55 Å².